The number of amides is 1. The molecule has 0 radical (unpaired) electrons. The van der Waals surface area contributed by atoms with Crippen molar-refractivity contribution in [2.45, 2.75) is 219 Å². The lowest BCUT2D eigenvalue weighted by atomic mass is 10.1. The highest BCUT2D eigenvalue weighted by molar-refractivity contribution is 5.76. The zero-order valence-corrected chi connectivity index (χ0v) is 35.0. The number of unbranched alkanes of at least 4 members (excludes halogenated alkanes) is 24. The van der Waals surface area contributed by atoms with Crippen molar-refractivity contribution in [1.82, 2.24) is 4.90 Å². The minimum absolute atomic E-state index is 0.00336. The van der Waals surface area contributed by atoms with E-state index in [1.165, 1.54) is 116 Å². The first-order chi connectivity index (χ1) is 26.0. The van der Waals surface area contributed by atoms with E-state index in [0.717, 1.165) is 70.6 Å². The van der Waals surface area contributed by atoms with Gasteiger partial charge >= 0.3 is 11.9 Å². The lowest BCUT2D eigenvalue weighted by molar-refractivity contribution is -0.147. The van der Waals surface area contributed by atoms with Gasteiger partial charge < -0.3 is 20.1 Å². The van der Waals surface area contributed by atoms with E-state index in [1.54, 1.807) is 4.90 Å². The van der Waals surface area contributed by atoms with Crippen molar-refractivity contribution in [2.24, 2.45) is 5.73 Å². The lowest BCUT2D eigenvalue weighted by Gasteiger charge is -2.22. The Morgan fingerprint density at radius 1 is 0.434 bits per heavy atom. The maximum absolute atomic E-state index is 12.9. The maximum Gasteiger partial charge on any atom is 0.305 e. The van der Waals surface area contributed by atoms with E-state index in [0.29, 0.717) is 38.9 Å². The second kappa shape index (κ2) is 42.6. The van der Waals surface area contributed by atoms with Gasteiger partial charge in [-0.05, 0) is 83.6 Å². The first-order valence-electron chi connectivity index (χ1n) is 22.6. The number of hydrogen-bond acceptors (Lipinski definition) is 6. The van der Waals surface area contributed by atoms with E-state index in [2.05, 4.69) is 38.2 Å². The van der Waals surface area contributed by atoms with Crippen molar-refractivity contribution in [2.75, 3.05) is 32.8 Å². The Balaban J connectivity index is 4.05. The standard InChI is InChI=1S/C46H86N2O5/c1-3-5-7-9-11-13-15-17-19-21-23-25-27-29-33-37-45(50)52-42-40-48(44(49)36-32-31-35-39-47)41-43-53-46(51)38-34-30-28-26-24-22-20-18-16-14-12-10-8-6-4-2/h17-20H,3-16,21-43,47H2,1-2H3/b19-17-,20-18-. The molecule has 0 aromatic heterocycles. The molecule has 0 unspecified atom stereocenters. The fourth-order valence-corrected chi connectivity index (χ4v) is 6.48. The Labute approximate surface area is 328 Å². The summed E-state index contributed by atoms with van der Waals surface area (Å²) >= 11 is 0. The summed E-state index contributed by atoms with van der Waals surface area (Å²) in [5.41, 5.74) is 5.60. The van der Waals surface area contributed by atoms with E-state index in [-0.39, 0.29) is 31.1 Å². The molecule has 0 aliphatic rings. The predicted octanol–water partition coefficient (Wildman–Crippen LogP) is 12.5. The van der Waals surface area contributed by atoms with E-state index >= 15 is 0 Å². The van der Waals surface area contributed by atoms with Gasteiger partial charge in [-0.1, -0.05) is 147 Å². The smallest absolute Gasteiger partial charge is 0.305 e. The topological polar surface area (TPSA) is 98.9 Å². The molecule has 0 heterocycles. The van der Waals surface area contributed by atoms with Crippen LogP contribution in [0.2, 0.25) is 0 Å². The SMILES string of the molecule is CCCCCCCC/C=C\CCCCCCCC(=O)OCCN(CCOC(=O)CCCCCCC/C=C\CCCCCCCC)C(=O)CCCCCN. The first kappa shape index (κ1) is 50.9. The molecule has 0 aromatic carbocycles. The van der Waals surface area contributed by atoms with Crippen LogP contribution in [0.1, 0.15) is 219 Å². The third kappa shape index (κ3) is 39.4. The minimum Gasteiger partial charge on any atom is -0.464 e. The van der Waals surface area contributed by atoms with Crippen LogP contribution in [-0.2, 0) is 23.9 Å². The van der Waals surface area contributed by atoms with E-state index < -0.39 is 0 Å². The molecule has 0 saturated carbocycles. The van der Waals surface area contributed by atoms with Crippen LogP contribution in [0, 0.1) is 0 Å². The lowest BCUT2D eigenvalue weighted by Crippen LogP contribution is -2.37. The molecule has 7 nitrogen and oxygen atoms in total. The quantitative estimate of drug-likeness (QED) is 0.0380. The summed E-state index contributed by atoms with van der Waals surface area (Å²) in [5.74, 6) is -0.405. The molecule has 0 aliphatic carbocycles. The van der Waals surface area contributed by atoms with Crippen LogP contribution in [-0.4, -0.2) is 55.6 Å². The number of esters is 2. The van der Waals surface area contributed by atoms with Gasteiger partial charge in [0.25, 0.3) is 0 Å². The molecular formula is C46H86N2O5. The summed E-state index contributed by atoms with van der Waals surface area (Å²) in [7, 11) is 0. The number of allylic oxidation sites excluding steroid dienone is 4. The summed E-state index contributed by atoms with van der Waals surface area (Å²) < 4.78 is 11.0. The highest BCUT2D eigenvalue weighted by Crippen LogP contribution is 2.12. The molecule has 310 valence electrons. The highest BCUT2D eigenvalue weighted by atomic mass is 16.5. The highest BCUT2D eigenvalue weighted by Gasteiger charge is 2.15. The van der Waals surface area contributed by atoms with Crippen molar-refractivity contribution in [1.29, 1.82) is 0 Å². The van der Waals surface area contributed by atoms with Gasteiger partial charge in [-0.25, -0.2) is 0 Å². The van der Waals surface area contributed by atoms with Crippen molar-refractivity contribution in [3.8, 4) is 0 Å². The molecule has 0 aliphatic heterocycles. The summed E-state index contributed by atoms with van der Waals surface area (Å²) in [6.07, 6.45) is 45.0. The molecule has 0 spiro atoms. The summed E-state index contributed by atoms with van der Waals surface area (Å²) in [6, 6.07) is 0. The Bertz CT molecular complexity index is 816. The number of nitrogens with two attached hydrogens (primary N) is 1. The summed E-state index contributed by atoms with van der Waals surface area (Å²) in [6.45, 7) is 6.12. The van der Waals surface area contributed by atoms with Gasteiger partial charge in [-0.2, -0.15) is 0 Å². The Hall–Kier alpha value is -2.15. The Morgan fingerprint density at radius 3 is 1.13 bits per heavy atom. The van der Waals surface area contributed by atoms with Crippen molar-refractivity contribution >= 4 is 17.8 Å². The molecule has 0 atom stereocenters. The number of nitrogens with zero attached hydrogens (tertiary/aromatic N) is 1. The maximum atomic E-state index is 12.9. The zero-order chi connectivity index (χ0) is 38.7. The van der Waals surface area contributed by atoms with Gasteiger partial charge in [0.2, 0.25) is 5.91 Å². The van der Waals surface area contributed by atoms with Crippen molar-refractivity contribution in [3.05, 3.63) is 24.3 Å². The molecule has 1 amide bonds. The van der Waals surface area contributed by atoms with E-state index in [4.69, 9.17) is 15.2 Å². The third-order valence-electron chi connectivity index (χ3n) is 9.98. The number of ether oxygens (including phenoxy) is 2. The van der Waals surface area contributed by atoms with Crippen LogP contribution in [0.15, 0.2) is 24.3 Å². The molecule has 7 heteroatoms. The van der Waals surface area contributed by atoms with E-state index in [1.807, 2.05) is 0 Å². The predicted molar refractivity (Wildman–Crippen MR) is 225 cm³/mol. The summed E-state index contributed by atoms with van der Waals surface area (Å²) in [4.78, 5) is 39.3. The van der Waals surface area contributed by atoms with Crippen molar-refractivity contribution < 1.29 is 23.9 Å². The van der Waals surface area contributed by atoms with Gasteiger partial charge in [0.15, 0.2) is 0 Å². The van der Waals surface area contributed by atoms with Gasteiger partial charge in [0, 0.05) is 19.3 Å². The van der Waals surface area contributed by atoms with Crippen LogP contribution in [0.25, 0.3) is 0 Å². The Kier molecular flexibility index (Phi) is 40.9. The number of carbonyl (C=O) groups is 3. The largest absolute Gasteiger partial charge is 0.464 e. The molecule has 0 saturated heterocycles. The van der Waals surface area contributed by atoms with Crippen molar-refractivity contribution in [3.63, 3.8) is 0 Å². The van der Waals surface area contributed by atoms with Gasteiger partial charge in [-0.3, -0.25) is 14.4 Å². The Morgan fingerprint density at radius 2 is 0.755 bits per heavy atom. The van der Waals surface area contributed by atoms with Gasteiger partial charge in [0.05, 0.1) is 13.1 Å². The van der Waals surface area contributed by atoms with Crippen LogP contribution >= 0.6 is 0 Å². The average molecular weight is 747 g/mol. The fourth-order valence-electron chi connectivity index (χ4n) is 6.48. The van der Waals surface area contributed by atoms with E-state index in [9.17, 15) is 14.4 Å². The third-order valence-corrected chi connectivity index (χ3v) is 9.98. The molecule has 2 N–H and O–H groups in total. The second-order valence-corrected chi connectivity index (χ2v) is 15.1. The summed E-state index contributed by atoms with van der Waals surface area (Å²) in [5, 5.41) is 0. The first-order valence-corrected chi connectivity index (χ1v) is 22.6. The number of carbonyl (C=O) groups excluding carboxylic acids is 3. The van der Waals surface area contributed by atoms with Crippen LogP contribution in [0.3, 0.4) is 0 Å². The molecule has 0 bridgehead atoms. The van der Waals surface area contributed by atoms with Crippen LogP contribution < -0.4 is 5.73 Å². The number of hydrogen-bond donors (Lipinski definition) is 1. The molecular weight excluding hydrogens is 661 g/mol. The monoisotopic (exact) mass is 747 g/mol. The number of rotatable bonds is 41. The molecule has 0 aromatic rings. The van der Waals surface area contributed by atoms with Gasteiger partial charge in [0.1, 0.15) is 13.2 Å². The molecule has 0 fully saturated rings. The average Bonchev–Trinajstić information content (AvgIpc) is 3.15. The van der Waals surface area contributed by atoms with Crippen LogP contribution in [0.5, 0.6) is 0 Å². The molecule has 0 rings (SSSR count). The fraction of sp³-hybridized carbons (Fsp3) is 0.848. The molecule has 53 heavy (non-hydrogen) atoms. The van der Waals surface area contributed by atoms with Crippen LogP contribution in [0.4, 0.5) is 0 Å². The van der Waals surface area contributed by atoms with Gasteiger partial charge in [-0.15, -0.1) is 0 Å². The second-order valence-electron chi connectivity index (χ2n) is 15.1. The zero-order valence-electron chi connectivity index (χ0n) is 35.0. The normalized spacial score (nSPS) is 11.5. The minimum atomic E-state index is -0.204.